The standard InChI is InChI=1S/C24H37NO3SSi/c1-17-10-11-18(9-7-8-14-30(4,5)6)21(17)22(26)25-20-15-19-12-13-24(20,23(19,2)3)16-29(25,27)28/h18-21H,1,7,9-13,15-16H2,2-6H3/t18-,19-,20-,21-,24-/m1/s1. The number of amides is 1. The third kappa shape index (κ3) is 3.23. The maximum Gasteiger partial charge on any atom is 0.243 e. The van der Waals surface area contributed by atoms with Gasteiger partial charge >= 0.3 is 0 Å². The highest BCUT2D eigenvalue weighted by molar-refractivity contribution is 7.90. The van der Waals surface area contributed by atoms with Crippen LogP contribution in [0.15, 0.2) is 12.2 Å². The number of carbonyl (C=O) groups excluding carboxylic acids is 1. The summed E-state index contributed by atoms with van der Waals surface area (Å²) in [7, 11) is -4.97. The first-order valence-electron chi connectivity index (χ1n) is 11.5. The van der Waals surface area contributed by atoms with E-state index in [2.05, 4.69) is 51.5 Å². The number of sulfonamides is 1. The van der Waals surface area contributed by atoms with Gasteiger partial charge in [-0.15, -0.1) is 11.5 Å². The molecule has 4 aliphatic rings. The Balaban J connectivity index is 1.57. The number of rotatable bonds is 3. The van der Waals surface area contributed by atoms with Crippen molar-refractivity contribution in [3.8, 4) is 11.5 Å². The highest BCUT2D eigenvalue weighted by Crippen LogP contribution is 2.70. The number of hydrogen-bond donors (Lipinski definition) is 0. The lowest BCUT2D eigenvalue weighted by Crippen LogP contribution is -2.47. The van der Waals surface area contributed by atoms with Crippen LogP contribution in [0.1, 0.15) is 58.8 Å². The molecule has 4 nitrogen and oxygen atoms in total. The summed E-state index contributed by atoms with van der Waals surface area (Å²) < 4.78 is 27.9. The topological polar surface area (TPSA) is 54.5 Å². The Morgan fingerprint density at radius 3 is 2.60 bits per heavy atom. The van der Waals surface area contributed by atoms with E-state index < -0.39 is 18.1 Å². The van der Waals surface area contributed by atoms with Gasteiger partial charge in [0.1, 0.15) is 8.07 Å². The molecule has 1 spiro atoms. The third-order valence-electron chi connectivity index (χ3n) is 8.75. The van der Waals surface area contributed by atoms with E-state index in [1.807, 2.05) is 0 Å². The fourth-order valence-electron chi connectivity index (χ4n) is 7.01. The molecule has 4 fully saturated rings. The first-order valence-corrected chi connectivity index (χ1v) is 16.6. The molecular formula is C24H37NO3SSi. The summed E-state index contributed by atoms with van der Waals surface area (Å²) >= 11 is 0. The van der Waals surface area contributed by atoms with Gasteiger partial charge in [-0.1, -0.05) is 45.6 Å². The highest BCUT2D eigenvalue weighted by atomic mass is 32.2. The zero-order valence-electron chi connectivity index (χ0n) is 19.3. The molecule has 6 heteroatoms. The molecule has 3 aliphatic carbocycles. The second kappa shape index (κ2) is 6.97. The molecule has 0 aromatic heterocycles. The van der Waals surface area contributed by atoms with Gasteiger partial charge in [-0.05, 0) is 55.8 Å². The number of nitrogens with zero attached hydrogens (tertiary/aromatic N) is 1. The molecule has 0 aromatic carbocycles. The lowest BCUT2D eigenvalue weighted by Gasteiger charge is -2.37. The van der Waals surface area contributed by atoms with Gasteiger partial charge in [0.05, 0.1) is 17.7 Å². The van der Waals surface area contributed by atoms with Crippen LogP contribution in [0.4, 0.5) is 0 Å². The van der Waals surface area contributed by atoms with Crippen LogP contribution in [0.5, 0.6) is 0 Å². The Labute approximate surface area is 183 Å². The summed E-state index contributed by atoms with van der Waals surface area (Å²) in [5.74, 6) is 3.61. The van der Waals surface area contributed by atoms with Crippen LogP contribution in [0.2, 0.25) is 19.6 Å². The second-order valence-corrected chi connectivity index (χ2v) is 18.4. The van der Waals surface area contributed by atoms with Gasteiger partial charge in [0.25, 0.3) is 0 Å². The molecule has 1 heterocycles. The number of fused-ring (bicyclic) bond motifs is 1. The van der Waals surface area contributed by atoms with Gasteiger partial charge in [-0.25, -0.2) is 12.7 Å². The van der Waals surface area contributed by atoms with Crippen molar-refractivity contribution >= 4 is 24.0 Å². The molecule has 5 atom stereocenters. The fourth-order valence-corrected chi connectivity index (χ4v) is 10.2. The van der Waals surface area contributed by atoms with Crippen LogP contribution in [-0.4, -0.2) is 38.5 Å². The van der Waals surface area contributed by atoms with E-state index in [0.29, 0.717) is 5.92 Å². The van der Waals surface area contributed by atoms with Crippen LogP contribution >= 0.6 is 0 Å². The fraction of sp³-hybridized carbons (Fsp3) is 0.792. The van der Waals surface area contributed by atoms with E-state index >= 15 is 0 Å². The summed E-state index contributed by atoms with van der Waals surface area (Å²) in [6, 6.07) is -0.149. The predicted molar refractivity (Wildman–Crippen MR) is 124 cm³/mol. The maximum absolute atomic E-state index is 13.8. The van der Waals surface area contributed by atoms with E-state index in [4.69, 9.17) is 0 Å². The normalized spacial score (nSPS) is 38.4. The Morgan fingerprint density at radius 1 is 1.27 bits per heavy atom. The van der Waals surface area contributed by atoms with Gasteiger partial charge in [-0.2, -0.15) is 0 Å². The van der Waals surface area contributed by atoms with Crippen molar-refractivity contribution < 1.29 is 13.2 Å². The van der Waals surface area contributed by atoms with E-state index in [-0.39, 0.29) is 40.4 Å². The van der Waals surface area contributed by atoms with Crippen molar-refractivity contribution in [1.29, 1.82) is 0 Å². The molecule has 1 aliphatic heterocycles. The molecule has 0 unspecified atom stereocenters. The molecule has 0 aromatic rings. The minimum absolute atomic E-state index is 0.0156. The molecule has 30 heavy (non-hydrogen) atoms. The SMILES string of the molecule is C=C1CC[C@@H](CCC#C[Si](C)(C)C)[C@@H]1C(=O)N1[C@@H]2C[C@H]3CC[C@]2(CS1(=O)=O)C3(C)C. The molecule has 0 N–H and O–H groups in total. The van der Waals surface area contributed by atoms with Crippen molar-refractivity contribution in [3.05, 3.63) is 12.2 Å². The number of carbonyl (C=O) groups is 1. The molecule has 1 amide bonds. The molecule has 166 valence electrons. The van der Waals surface area contributed by atoms with Crippen molar-refractivity contribution in [2.45, 2.75) is 84.5 Å². The van der Waals surface area contributed by atoms with Gasteiger partial charge in [-0.3, -0.25) is 4.79 Å². The van der Waals surface area contributed by atoms with Crippen LogP contribution < -0.4 is 0 Å². The largest absolute Gasteiger partial charge is 0.273 e. The smallest absolute Gasteiger partial charge is 0.243 e. The molecule has 0 radical (unpaired) electrons. The van der Waals surface area contributed by atoms with Gasteiger partial charge in [0.15, 0.2) is 0 Å². The summed E-state index contributed by atoms with van der Waals surface area (Å²) in [5.41, 5.74) is 4.04. The Kier molecular flexibility index (Phi) is 5.14. The lowest BCUT2D eigenvalue weighted by molar-refractivity contribution is -0.133. The summed E-state index contributed by atoms with van der Waals surface area (Å²) in [6.45, 7) is 15.3. The highest BCUT2D eigenvalue weighted by Gasteiger charge is 2.72. The molecule has 4 rings (SSSR count). The summed E-state index contributed by atoms with van der Waals surface area (Å²) in [4.78, 5) is 13.8. The van der Waals surface area contributed by atoms with E-state index in [1.165, 1.54) is 4.31 Å². The van der Waals surface area contributed by atoms with Crippen LogP contribution in [-0.2, 0) is 14.8 Å². The maximum atomic E-state index is 13.8. The van der Waals surface area contributed by atoms with Gasteiger partial charge in [0.2, 0.25) is 15.9 Å². The average molecular weight is 448 g/mol. The zero-order chi connectivity index (χ0) is 22.1. The van der Waals surface area contributed by atoms with Crippen molar-refractivity contribution in [1.82, 2.24) is 4.31 Å². The van der Waals surface area contributed by atoms with E-state index in [1.54, 1.807) is 0 Å². The van der Waals surface area contributed by atoms with Crippen molar-refractivity contribution in [2.24, 2.45) is 28.6 Å². The van der Waals surface area contributed by atoms with Crippen molar-refractivity contribution in [3.63, 3.8) is 0 Å². The van der Waals surface area contributed by atoms with Crippen LogP contribution in [0.25, 0.3) is 0 Å². The first kappa shape index (κ1) is 22.1. The monoisotopic (exact) mass is 447 g/mol. The van der Waals surface area contributed by atoms with Crippen molar-refractivity contribution in [2.75, 3.05) is 5.75 Å². The molecular weight excluding hydrogens is 410 g/mol. The second-order valence-electron chi connectivity index (χ2n) is 11.8. The number of hydrogen-bond acceptors (Lipinski definition) is 3. The lowest BCUT2D eigenvalue weighted by atomic mass is 9.69. The Bertz CT molecular complexity index is 936. The zero-order valence-corrected chi connectivity index (χ0v) is 21.1. The molecule has 2 bridgehead atoms. The summed E-state index contributed by atoms with van der Waals surface area (Å²) in [6.07, 6.45) is 6.23. The quantitative estimate of drug-likeness (QED) is 0.361. The average Bonchev–Trinajstić information content (AvgIpc) is 3.23. The minimum Gasteiger partial charge on any atom is -0.273 e. The van der Waals surface area contributed by atoms with Gasteiger partial charge < -0.3 is 0 Å². The minimum atomic E-state index is -3.57. The predicted octanol–water partition coefficient (Wildman–Crippen LogP) is 4.60. The van der Waals surface area contributed by atoms with Crippen LogP contribution in [0.3, 0.4) is 0 Å². The third-order valence-corrected chi connectivity index (χ3v) is 11.6. The Morgan fingerprint density at radius 2 is 1.97 bits per heavy atom. The molecule has 3 saturated carbocycles. The van der Waals surface area contributed by atoms with Gasteiger partial charge in [0, 0.05) is 11.8 Å². The van der Waals surface area contributed by atoms with Crippen LogP contribution in [0, 0.1) is 40.0 Å². The van der Waals surface area contributed by atoms with E-state index in [9.17, 15) is 13.2 Å². The molecule has 1 saturated heterocycles. The summed E-state index contributed by atoms with van der Waals surface area (Å²) in [5, 5.41) is 0. The first-order chi connectivity index (χ1) is 13.8. The Hall–Kier alpha value is -1.06. The van der Waals surface area contributed by atoms with E-state index in [0.717, 1.165) is 50.5 Å².